The van der Waals surface area contributed by atoms with E-state index in [1.165, 1.54) is 6.42 Å². The van der Waals surface area contributed by atoms with Gasteiger partial charge in [-0.2, -0.15) is 0 Å². The lowest BCUT2D eigenvalue weighted by Gasteiger charge is -2.33. The van der Waals surface area contributed by atoms with Gasteiger partial charge in [-0.25, -0.2) is 0 Å². The van der Waals surface area contributed by atoms with Gasteiger partial charge in [0.1, 0.15) is 5.75 Å². The zero-order valence-electron chi connectivity index (χ0n) is 14.0. The molecule has 4 unspecified atom stereocenters. The molecule has 4 atom stereocenters. The van der Waals surface area contributed by atoms with Gasteiger partial charge in [0.05, 0.1) is 19.1 Å². The van der Waals surface area contributed by atoms with Crippen LogP contribution in [0.5, 0.6) is 5.75 Å². The van der Waals surface area contributed by atoms with E-state index in [-0.39, 0.29) is 23.9 Å². The Bertz CT molecular complexity index is 532. The number of methoxy groups -OCH3 is 1. The quantitative estimate of drug-likeness (QED) is 0.779. The summed E-state index contributed by atoms with van der Waals surface area (Å²) in [4.78, 5) is 12.8. The van der Waals surface area contributed by atoms with Crippen LogP contribution in [0.1, 0.15) is 44.2 Å². The Balaban J connectivity index is 1.66. The number of carbonyl (C=O) groups excluding carboxylic acids is 1. The fourth-order valence-corrected chi connectivity index (χ4v) is 3.87. The van der Waals surface area contributed by atoms with E-state index in [1.54, 1.807) is 7.11 Å². The van der Waals surface area contributed by atoms with Crippen LogP contribution in [0.15, 0.2) is 24.3 Å². The molecule has 1 heterocycles. The first-order valence-electron chi connectivity index (χ1n) is 8.65. The molecule has 1 amide bonds. The van der Waals surface area contributed by atoms with Crippen molar-refractivity contribution in [3.8, 4) is 5.75 Å². The molecule has 3 rings (SSSR count). The Labute approximate surface area is 138 Å². The van der Waals surface area contributed by atoms with Gasteiger partial charge in [0.25, 0.3) is 0 Å². The van der Waals surface area contributed by atoms with E-state index in [2.05, 4.69) is 23.1 Å². The summed E-state index contributed by atoms with van der Waals surface area (Å²) >= 11 is 0. The smallest absolute Gasteiger partial charge is 0.225 e. The minimum absolute atomic E-state index is 0.0585. The third-order valence-electron chi connectivity index (χ3n) is 5.24. The Morgan fingerprint density at radius 1 is 1.35 bits per heavy atom. The highest BCUT2D eigenvalue weighted by Crippen LogP contribution is 2.32. The van der Waals surface area contributed by atoms with E-state index >= 15 is 0 Å². The first-order chi connectivity index (χ1) is 11.2. The monoisotopic (exact) mass is 317 g/mol. The fraction of sp³-hybridized carbons (Fsp3) is 0.611. The van der Waals surface area contributed by atoms with Crippen LogP contribution in [0.3, 0.4) is 0 Å². The number of hydrazine groups is 1. The van der Waals surface area contributed by atoms with Gasteiger partial charge in [-0.05, 0) is 42.9 Å². The van der Waals surface area contributed by atoms with Gasteiger partial charge in [-0.15, -0.1) is 0 Å². The molecule has 1 aliphatic carbocycles. The van der Waals surface area contributed by atoms with Crippen LogP contribution in [0, 0.1) is 11.8 Å². The number of hydrogen-bond acceptors (Lipinski definition) is 4. The number of hydrogen-bond donors (Lipinski definition) is 3. The summed E-state index contributed by atoms with van der Waals surface area (Å²) in [5.41, 5.74) is 7.66. The second kappa shape index (κ2) is 7.32. The van der Waals surface area contributed by atoms with Crippen molar-refractivity contribution in [1.29, 1.82) is 0 Å². The minimum Gasteiger partial charge on any atom is -0.497 e. The van der Waals surface area contributed by atoms with Gasteiger partial charge in [0, 0.05) is 12.6 Å². The Morgan fingerprint density at radius 2 is 2.13 bits per heavy atom. The molecule has 2 fully saturated rings. The number of carbonyl (C=O) groups is 1. The van der Waals surface area contributed by atoms with Gasteiger partial charge >= 0.3 is 0 Å². The molecular formula is C18H27N3O2. The zero-order chi connectivity index (χ0) is 16.2. The fourth-order valence-electron chi connectivity index (χ4n) is 3.87. The average Bonchev–Trinajstić information content (AvgIpc) is 3.08. The van der Waals surface area contributed by atoms with E-state index in [0.29, 0.717) is 5.92 Å². The van der Waals surface area contributed by atoms with Crippen LogP contribution in [0.25, 0.3) is 0 Å². The molecule has 0 bridgehead atoms. The molecule has 3 N–H and O–H groups in total. The van der Waals surface area contributed by atoms with E-state index in [9.17, 15) is 4.79 Å². The molecule has 1 aliphatic heterocycles. The predicted octanol–water partition coefficient (Wildman–Crippen LogP) is 2.16. The van der Waals surface area contributed by atoms with E-state index in [1.807, 2.05) is 24.3 Å². The van der Waals surface area contributed by atoms with E-state index in [0.717, 1.165) is 37.1 Å². The Hall–Kier alpha value is -1.59. The summed E-state index contributed by atoms with van der Waals surface area (Å²) in [6.07, 6.45) is 4.21. The van der Waals surface area contributed by atoms with Gasteiger partial charge in [-0.1, -0.05) is 25.5 Å². The second-order valence-electron chi connectivity index (χ2n) is 6.59. The van der Waals surface area contributed by atoms with Crippen molar-refractivity contribution in [2.75, 3.05) is 13.7 Å². The Kier molecular flexibility index (Phi) is 5.18. The summed E-state index contributed by atoms with van der Waals surface area (Å²) in [5, 5.41) is 3.26. The normalized spacial score (nSPS) is 28.0. The van der Waals surface area contributed by atoms with E-state index < -0.39 is 0 Å². The number of fused-ring (bicyclic) bond motifs is 1. The predicted molar refractivity (Wildman–Crippen MR) is 89.9 cm³/mol. The van der Waals surface area contributed by atoms with Crippen molar-refractivity contribution in [1.82, 2.24) is 16.2 Å². The number of rotatable bonds is 5. The van der Waals surface area contributed by atoms with Gasteiger partial charge in [0.15, 0.2) is 0 Å². The summed E-state index contributed by atoms with van der Waals surface area (Å²) < 4.78 is 5.20. The molecule has 0 aromatic heterocycles. The molecule has 5 heteroatoms. The van der Waals surface area contributed by atoms with Crippen molar-refractivity contribution in [2.45, 2.75) is 44.7 Å². The topological polar surface area (TPSA) is 62.4 Å². The van der Waals surface area contributed by atoms with Crippen LogP contribution >= 0.6 is 0 Å². The van der Waals surface area contributed by atoms with Crippen molar-refractivity contribution in [3.05, 3.63) is 29.8 Å². The van der Waals surface area contributed by atoms with Crippen molar-refractivity contribution < 1.29 is 9.53 Å². The molecule has 5 nitrogen and oxygen atoms in total. The number of amides is 1. The highest BCUT2D eigenvalue weighted by atomic mass is 16.5. The SMILES string of the molecule is CCC(NC(=O)C1CCCC2CNNC21)c1ccc(OC)cc1. The standard InChI is InChI=1S/C18H27N3O2/c1-3-16(12-7-9-14(23-2)10-8-12)20-18(22)15-6-4-5-13-11-19-21-17(13)15/h7-10,13,15-17,19,21H,3-6,11H2,1-2H3,(H,20,22). The molecule has 1 aromatic carbocycles. The molecule has 1 aromatic rings. The highest BCUT2D eigenvalue weighted by Gasteiger charge is 2.40. The van der Waals surface area contributed by atoms with Crippen LogP contribution in [0.4, 0.5) is 0 Å². The average molecular weight is 317 g/mol. The van der Waals surface area contributed by atoms with Gasteiger partial charge in [-0.3, -0.25) is 15.6 Å². The number of nitrogens with one attached hydrogen (secondary N) is 3. The first-order valence-corrected chi connectivity index (χ1v) is 8.65. The molecule has 23 heavy (non-hydrogen) atoms. The highest BCUT2D eigenvalue weighted by molar-refractivity contribution is 5.80. The summed E-state index contributed by atoms with van der Waals surface area (Å²) in [5.74, 6) is 1.67. The molecule has 0 spiro atoms. The van der Waals surface area contributed by atoms with Gasteiger partial charge in [0.2, 0.25) is 5.91 Å². The second-order valence-corrected chi connectivity index (χ2v) is 6.59. The van der Waals surface area contributed by atoms with Crippen LogP contribution in [-0.2, 0) is 4.79 Å². The lowest BCUT2D eigenvalue weighted by Crippen LogP contribution is -2.48. The zero-order valence-corrected chi connectivity index (χ0v) is 14.0. The number of benzene rings is 1. The lowest BCUT2D eigenvalue weighted by molar-refractivity contribution is -0.128. The van der Waals surface area contributed by atoms with Crippen molar-refractivity contribution in [2.24, 2.45) is 11.8 Å². The maximum Gasteiger partial charge on any atom is 0.225 e. The van der Waals surface area contributed by atoms with E-state index in [4.69, 9.17) is 4.74 Å². The minimum atomic E-state index is 0.0585. The number of ether oxygens (including phenoxy) is 1. The van der Waals surface area contributed by atoms with Crippen LogP contribution < -0.4 is 20.9 Å². The third kappa shape index (κ3) is 3.51. The largest absolute Gasteiger partial charge is 0.497 e. The van der Waals surface area contributed by atoms with Crippen LogP contribution in [0.2, 0.25) is 0 Å². The summed E-state index contributed by atoms with van der Waals surface area (Å²) in [7, 11) is 1.66. The van der Waals surface area contributed by atoms with Crippen molar-refractivity contribution >= 4 is 5.91 Å². The van der Waals surface area contributed by atoms with Crippen LogP contribution in [-0.4, -0.2) is 25.6 Å². The maximum absolute atomic E-state index is 12.8. The molecular weight excluding hydrogens is 290 g/mol. The third-order valence-corrected chi connectivity index (χ3v) is 5.24. The van der Waals surface area contributed by atoms with Gasteiger partial charge < -0.3 is 10.1 Å². The molecule has 126 valence electrons. The molecule has 1 saturated heterocycles. The van der Waals surface area contributed by atoms with Crippen molar-refractivity contribution in [3.63, 3.8) is 0 Å². The molecule has 1 saturated carbocycles. The molecule has 0 radical (unpaired) electrons. The summed E-state index contributed by atoms with van der Waals surface area (Å²) in [6.45, 7) is 3.08. The Morgan fingerprint density at radius 3 is 2.83 bits per heavy atom. The maximum atomic E-state index is 12.8. The summed E-state index contributed by atoms with van der Waals surface area (Å²) in [6, 6.07) is 8.30. The molecule has 2 aliphatic rings. The first kappa shape index (κ1) is 16.3. The lowest BCUT2D eigenvalue weighted by atomic mass is 9.77.